The molecule has 3 rings (SSSR count). The summed E-state index contributed by atoms with van der Waals surface area (Å²) in [6.45, 7) is 3.29. The first-order valence-electron chi connectivity index (χ1n) is 10.5. The molecule has 0 fully saturated rings. The minimum absolute atomic E-state index is 0.0106. The van der Waals surface area contributed by atoms with Gasteiger partial charge in [0.15, 0.2) is 9.84 Å². The van der Waals surface area contributed by atoms with E-state index in [0.717, 1.165) is 41.3 Å². The van der Waals surface area contributed by atoms with Crippen LogP contribution in [0, 0.1) is 11.6 Å². The molecule has 6 nitrogen and oxygen atoms in total. The van der Waals surface area contributed by atoms with Crippen molar-refractivity contribution in [2.45, 2.75) is 50.6 Å². The standard InChI is InChI=1S/C23H28F2N2O4S/c1-3-15-4-5-17-12-32(30,31)13-22(20(17)8-15)26-11-23(29)21(27-14(2)28)9-16-6-18(24)10-19(25)7-16/h4-8,10,21-23,26,29H,3,9,11-13H2,1-2H3,(H,27,28)/t21-,22-,23+/m0/s1. The average molecular weight is 467 g/mol. The molecule has 2 aromatic rings. The van der Waals surface area contributed by atoms with Gasteiger partial charge in [-0.05, 0) is 47.2 Å². The number of hydrogen-bond acceptors (Lipinski definition) is 5. The van der Waals surface area contributed by atoms with E-state index in [1.54, 1.807) is 0 Å². The van der Waals surface area contributed by atoms with Gasteiger partial charge in [0.2, 0.25) is 5.91 Å². The number of nitrogens with one attached hydrogen (secondary N) is 2. The summed E-state index contributed by atoms with van der Waals surface area (Å²) in [5.74, 6) is -2.01. The molecular formula is C23H28F2N2O4S. The fourth-order valence-electron chi connectivity index (χ4n) is 4.06. The number of carbonyl (C=O) groups excluding carboxylic acids is 1. The van der Waals surface area contributed by atoms with Crippen LogP contribution in [0.15, 0.2) is 36.4 Å². The molecule has 1 amide bonds. The molecule has 0 spiro atoms. The summed E-state index contributed by atoms with van der Waals surface area (Å²) in [5.41, 5.74) is 2.99. The average Bonchev–Trinajstić information content (AvgIpc) is 2.69. The van der Waals surface area contributed by atoms with Crippen LogP contribution in [0.5, 0.6) is 0 Å². The number of amides is 1. The monoisotopic (exact) mass is 466 g/mol. The van der Waals surface area contributed by atoms with Crippen molar-refractivity contribution in [3.8, 4) is 0 Å². The van der Waals surface area contributed by atoms with Gasteiger partial charge in [-0.25, -0.2) is 17.2 Å². The predicted molar refractivity (Wildman–Crippen MR) is 118 cm³/mol. The van der Waals surface area contributed by atoms with E-state index in [4.69, 9.17) is 0 Å². The summed E-state index contributed by atoms with van der Waals surface area (Å²) in [7, 11) is -3.31. The van der Waals surface area contributed by atoms with E-state index in [-0.39, 0.29) is 24.5 Å². The van der Waals surface area contributed by atoms with Crippen molar-refractivity contribution in [1.82, 2.24) is 10.6 Å². The van der Waals surface area contributed by atoms with Gasteiger partial charge in [0.1, 0.15) is 11.6 Å². The van der Waals surface area contributed by atoms with Crippen molar-refractivity contribution in [3.63, 3.8) is 0 Å². The minimum Gasteiger partial charge on any atom is -0.390 e. The van der Waals surface area contributed by atoms with Crippen molar-refractivity contribution in [3.05, 3.63) is 70.3 Å². The Kier molecular flexibility index (Phi) is 7.63. The summed E-state index contributed by atoms with van der Waals surface area (Å²) in [4.78, 5) is 11.6. The maximum Gasteiger partial charge on any atom is 0.217 e. The van der Waals surface area contributed by atoms with Crippen LogP contribution < -0.4 is 10.6 Å². The molecule has 2 aromatic carbocycles. The Labute approximate surface area is 187 Å². The number of halogens is 2. The Bertz CT molecular complexity index is 1070. The van der Waals surface area contributed by atoms with Gasteiger partial charge in [-0.1, -0.05) is 25.1 Å². The molecule has 3 atom stereocenters. The second-order valence-electron chi connectivity index (χ2n) is 8.26. The van der Waals surface area contributed by atoms with Crippen molar-refractivity contribution in [2.24, 2.45) is 0 Å². The first kappa shape index (κ1) is 24.3. The lowest BCUT2D eigenvalue weighted by Crippen LogP contribution is -2.49. The highest BCUT2D eigenvalue weighted by molar-refractivity contribution is 7.90. The molecular weight excluding hydrogens is 438 g/mol. The van der Waals surface area contributed by atoms with E-state index in [9.17, 15) is 27.1 Å². The number of sulfone groups is 1. The number of aliphatic hydroxyl groups is 1. The number of rotatable bonds is 8. The van der Waals surface area contributed by atoms with Gasteiger partial charge in [0, 0.05) is 25.6 Å². The number of aryl methyl sites for hydroxylation is 1. The maximum atomic E-state index is 13.5. The fourth-order valence-corrected chi connectivity index (χ4v) is 5.72. The highest BCUT2D eigenvalue weighted by atomic mass is 32.2. The number of hydrogen-bond donors (Lipinski definition) is 3. The van der Waals surface area contributed by atoms with Gasteiger partial charge in [-0.2, -0.15) is 0 Å². The molecule has 3 N–H and O–H groups in total. The number of benzene rings is 2. The van der Waals surface area contributed by atoms with Crippen LogP contribution in [0.4, 0.5) is 8.78 Å². The van der Waals surface area contributed by atoms with E-state index in [1.807, 2.05) is 25.1 Å². The molecule has 1 aliphatic rings. The Morgan fingerprint density at radius 3 is 2.47 bits per heavy atom. The zero-order valence-corrected chi connectivity index (χ0v) is 18.9. The zero-order chi connectivity index (χ0) is 23.5. The summed E-state index contributed by atoms with van der Waals surface area (Å²) in [6.07, 6.45) is -0.298. The molecule has 0 aliphatic carbocycles. The molecule has 9 heteroatoms. The molecule has 0 saturated heterocycles. The van der Waals surface area contributed by atoms with Gasteiger partial charge in [0.05, 0.1) is 23.7 Å². The summed E-state index contributed by atoms with van der Waals surface area (Å²) < 4.78 is 51.9. The first-order valence-corrected chi connectivity index (χ1v) is 12.3. The molecule has 0 saturated carbocycles. The van der Waals surface area contributed by atoms with Gasteiger partial charge in [0.25, 0.3) is 0 Å². The maximum absolute atomic E-state index is 13.5. The number of aliphatic hydroxyl groups excluding tert-OH is 1. The summed E-state index contributed by atoms with van der Waals surface area (Å²) in [5, 5.41) is 16.5. The van der Waals surface area contributed by atoms with Crippen LogP contribution in [-0.2, 0) is 33.2 Å². The largest absolute Gasteiger partial charge is 0.390 e. The van der Waals surface area contributed by atoms with Crippen LogP contribution in [0.1, 0.15) is 42.1 Å². The Morgan fingerprint density at radius 1 is 1.16 bits per heavy atom. The van der Waals surface area contributed by atoms with Crippen molar-refractivity contribution < 1.29 is 27.1 Å². The molecule has 0 unspecified atom stereocenters. The van der Waals surface area contributed by atoms with Crippen molar-refractivity contribution >= 4 is 15.7 Å². The lowest BCUT2D eigenvalue weighted by molar-refractivity contribution is -0.120. The molecule has 1 heterocycles. The first-order chi connectivity index (χ1) is 15.1. The smallest absolute Gasteiger partial charge is 0.217 e. The Balaban J connectivity index is 1.76. The van der Waals surface area contributed by atoms with E-state index < -0.39 is 45.6 Å². The predicted octanol–water partition coefficient (Wildman–Crippen LogP) is 2.19. The van der Waals surface area contributed by atoms with Crippen LogP contribution in [0.25, 0.3) is 0 Å². The van der Waals surface area contributed by atoms with E-state index >= 15 is 0 Å². The Hall–Kier alpha value is -2.36. The van der Waals surface area contributed by atoms with Crippen molar-refractivity contribution in [2.75, 3.05) is 12.3 Å². The van der Waals surface area contributed by atoms with Crippen LogP contribution in [-0.4, -0.2) is 43.9 Å². The van der Waals surface area contributed by atoms with E-state index in [2.05, 4.69) is 10.6 Å². The summed E-state index contributed by atoms with van der Waals surface area (Å²) >= 11 is 0. The molecule has 174 valence electrons. The molecule has 0 aromatic heterocycles. The second kappa shape index (κ2) is 10.1. The highest BCUT2D eigenvalue weighted by Gasteiger charge is 2.31. The quantitative estimate of drug-likeness (QED) is 0.555. The third kappa shape index (κ3) is 6.34. The fraction of sp³-hybridized carbons (Fsp3) is 0.435. The topological polar surface area (TPSA) is 95.5 Å². The SMILES string of the molecule is CCc1ccc2c(c1)[C@@H](NC[C@@H](O)[C@H](Cc1cc(F)cc(F)c1)NC(C)=O)CS(=O)(=O)C2. The van der Waals surface area contributed by atoms with Crippen molar-refractivity contribution in [1.29, 1.82) is 0 Å². The molecule has 0 radical (unpaired) electrons. The second-order valence-corrected chi connectivity index (χ2v) is 10.4. The van der Waals surface area contributed by atoms with Gasteiger partial charge in [-0.3, -0.25) is 4.79 Å². The summed E-state index contributed by atoms with van der Waals surface area (Å²) in [6, 6.07) is 7.44. The Morgan fingerprint density at radius 2 is 1.84 bits per heavy atom. The third-order valence-corrected chi connectivity index (χ3v) is 7.19. The van der Waals surface area contributed by atoms with Gasteiger partial charge < -0.3 is 15.7 Å². The minimum atomic E-state index is -3.31. The van der Waals surface area contributed by atoms with Gasteiger partial charge in [-0.15, -0.1) is 0 Å². The number of fused-ring (bicyclic) bond motifs is 1. The van der Waals surface area contributed by atoms with Crippen LogP contribution >= 0.6 is 0 Å². The van der Waals surface area contributed by atoms with Crippen LogP contribution in [0.2, 0.25) is 0 Å². The normalized spacial score (nSPS) is 19.1. The molecule has 1 aliphatic heterocycles. The lowest BCUT2D eigenvalue weighted by atomic mass is 9.97. The number of carbonyl (C=O) groups is 1. The van der Waals surface area contributed by atoms with Gasteiger partial charge >= 0.3 is 0 Å². The lowest BCUT2D eigenvalue weighted by Gasteiger charge is -2.30. The zero-order valence-electron chi connectivity index (χ0n) is 18.1. The van der Waals surface area contributed by atoms with E-state index in [0.29, 0.717) is 5.56 Å². The molecule has 32 heavy (non-hydrogen) atoms. The molecule has 0 bridgehead atoms. The third-order valence-electron chi connectivity index (χ3n) is 5.59. The van der Waals surface area contributed by atoms with E-state index in [1.165, 1.54) is 6.92 Å². The highest BCUT2D eigenvalue weighted by Crippen LogP contribution is 2.29. The van der Waals surface area contributed by atoms with Crippen LogP contribution in [0.3, 0.4) is 0 Å².